The molecule has 3 aromatic carbocycles. The van der Waals surface area contributed by atoms with Gasteiger partial charge in [-0.15, -0.1) is 0 Å². The van der Waals surface area contributed by atoms with E-state index in [2.05, 4.69) is 101 Å². The molecule has 0 fully saturated rings. The molecule has 0 bridgehead atoms. The molecule has 0 N–H and O–H groups in total. The van der Waals surface area contributed by atoms with Gasteiger partial charge in [-0.3, -0.25) is 4.57 Å². The molecule has 5 rings (SSSR count). The van der Waals surface area contributed by atoms with E-state index in [1.165, 1.54) is 51.6 Å². The summed E-state index contributed by atoms with van der Waals surface area (Å²) in [5.74, 6) is 2.15. The van der Waals surface area contributed by atoms with Gasteiger partial charge in [-0.25, -0.2) is 4.98 Å². The van der Waals surface area contributed by atoms with E-state index < -0.39 is 0 Å². The molecule has 1 atom stereocenters. The minimum Gasteiger partial charge on any atom is -0.456 e. The smallest absolute Gasteiger partial charge is 0.144 e. The quantitative estimate of drug-likeness (QED) is 0.240. The Labute approximate surface area is 208 Å². The van der Waals surface area contributed by atoms with Crippen molar-refractivity contribution < 1.29 is 4.42 Å². The average Bonchev–Trinajstić information content (AvgIpc) is 3.47. The Morgan fingerprint density at radius 2 is 1.60 bits per heavy atom. The van der Waals surface area contributed by atoms with E-state index in [0.29, 0.717) is 17.8 Å². The lowest BCUT2D eigenvalue weighted by atomic mass is 9.88. The van der Waals surface area contributed by atoms with Crippen molar-refractivity contribution in [3.05, 3.63) is 83.7 Å². The summed E-state index contributed by atoms with van der Waals surface area (Å²) in [4.78, 5) is 4.94. The normalized spacial score (nSPS) is 12.9. The van der Waals surface area contributed by atoms with Crippen molar-refractivity contribution in [2.24, 2.45) is 0 Å². The fourth-order valence-corrected chi connectivity index (χ4v) is 5.60. The van der Waals surface area contributed by atoms with Gasteiger partial charge in [0.05, 0.1) is 5.69 Å². The van der Waals surface area contributed by atoms with E-state index in [1.54, 1.807) is 0 Å². The number of hydrogen-bond donors (Lipinski definition) is 0. The van der Waals surface area contributed by atoms with Crippen molar-refractivity contribution >= 4 is 21.9 Å². The topological polar surface area (TPSA) is 31.0 Å². The van der Waals surface area contributed by atoms with E-state index >= 15 is 0 Å². The standard InChI is InChI=1S/C32H36N2O/c1-7-12-22(6)23-13-8-9-14-24(23)32-33-17-18-34(32)31-26(20(2)3)19-28-30(29(31)21(4)5)25-15-10-11-16-27(25)35-28/h8-11,13-22H,7,12H2,1-6H3. The zero-order valence-electron chi connectivity index (χ0n) is 21.8. The van der Waals surface area contributed by atoms with Crippen LogP contribution in [0.25, 0.3) is 39.0 Å². The lowest BCUT2D eigenvalue weighted by Gasteiger charge is -2.24. The summed E-state index contributed by atoms with van der Waals surface area (Å²) >= 11 is 0. The number of para-hydroxylation sites is 1. The molecule has 0 radical (unpaired) electrons. The van der Waals surface area contributed by atoms with Crippen molar-refractivity contribution in [3.63, 3.8) is 0 Å². The molecule has 0 aliphatic carbocycles. The van der Waals surface area contributed by atoms with Crippen LogP contribution < -0.4 is 0 Å². The van der Waals surface area contributed by atoms with Gasteiger partial charge in [-0.1, -0.05) is 90.4 Å². The van der Waals surface area contributed by atoms with E-state index in [1.807, 2.05) is 12.3 Å². The second-order valence-corrected chi connectivity index (χ2v) is 10.4. The Morgan fingerprint density at radius 3 is 2.34 bits per heavy atom. The molecule has 3 heteroatoms. The highest BCUT2D eigenvalue weighted by molar-refractivity contribution is 6.08. The highest BCUT2D eigenvalue weighted by atomic mass is 16.3. The first-order valence-electron chi connectivity index (χ1n) is 13.0. The number of nitrogens with zero attached hydrogens (tertiary/aromatic N) is 2. The number of rotatable bonds is 7. The van der Waals surface area contributed by atoms with Crippen LogP contribution in [0.3, 0.4) is 0 Å². The summed E-state index contributed by atoms with van der Waals surface area (Å²) in [5, 5.41) is 2.41. The van der Waals surface area contributed by atoms with Crippen LogP contribution in [0.2, 0.25) is 0 Å². The third kappa shape index (κ3) is 3.97. The number of fused-ring (bicyclic) bond motifs is 3. The SMILES string of the molecule is CCCC(C)c1ccccc1-c1nccn1-c1c(C(C)C)cc2oc3ccccc3c2c1C(C)C. The van der Waals surface area contributed by atoms with Gasteiger partial charge in [0.1, 0.15) is 17.0 Å². The van der Waals surface area contributed by atoms with Crippen molar-refractivity contribution in [3.8, 4) is 17.1 Å². The molecule has 35 heavy (non-hydrogen) atoms. The predicted octanol–water partition coefficient (Wildman–Crippen LogP) is 9.59. The van der Waals surface area contributed by atoms with E-state index in [-0.39, 0.29) is 0 Å². The predicted molar refractivity (Wildman–Crippen MR) is 148 cm³/mol. The first-order valence-corrected chi connectivity index (χ1v) is 13.0. The lowest BCUT2D eigenvalue weighted by Crippen LogP contribution is -2.09. The molecule has 2 aromatic heterocycles. The molecular weight excluding hydrogens is 428 g/mol. The van der Waals surface area contributed by atoms with Gasteiger partial charge < -0.3 is 4.42 Å². The van der Waals surface area contributed by atoms with Crippen LogP contribution in [0.1, 0.15) is 88.8 Å². The molecule has 5 aromatic rings. The molecular formula is C32H36N2O. The Balaban J connectivity index is 1.85. The Kier molecular flexibility index (Phi) is 6.27. The van der Waals surface area contributed by atoms with Crippen molar-refractivity contribution in [2.45, 2.75) is 72.1 Å². The Morgan fingerprint density at radius 1 is 0.857 bits per heavy atom. The van der Waals surface area contributed by atoms with E-state index in [0.717, 1.165) is 17.0 Å². The lowest BCUT2D eigenvalue weighted by molar-refractivity contribution is 0.665. The number of aromatic nitrogens is 2. The van der Waals surface area contributed by atoms with Crippen LogP contribution in [0.15, 0.2) is 71.4 Å². The second kappa shape index (κ2) is 9.37. The van der Waals surface area contributed by atoms with Crippen molar-refractivity contribution in [1.82, 2.24) is 9.55 Å². The summed E-state index contributed by atoms with van der Waals surface area (Å²) in [5.41, 5.74) is 8.38. The molecule has 0 aliphatic heterocycles. The Hall–Kier alpha value is -3.33. The fraction of sp³-hybridized carbons (Fsp3) is 0.344. The van der Waals surface area contributed by atoms with Gasteiger partial charge in [0, 0.05) is 28.7 Å². The van der Waals surface area contributed by atoms with Gasteiger partial charge in [-0.2, -0.15) is 0 Å². The minimum atomic E-state index is 0.316. The number of benzene rings is 3. The van der Waals surface area contributed by atoms with Crippen LogP contribution in [-0.2, 0) is 0 Å². The third-order valence-corrected chi connectivity index (χ3v) is 7.24. The molecule has 0 aliphatic rings. The maximum Gasteiger partial charge on any atom is 0.144 e. The summed E-state index contributed by atoms with van der Waals surface area (Å²) in [6.45, 7) is 13.7. The van der Waals surface area contributed by atoms with Gasteiger partial charge in [-0.05, 0) is 53.0 Å². The number of hydrogen-bond acceptors (Lipinski definition) is 2. The first-order chi connectivity index (χ1) is 16.9. The van der Waals surface area contributed by atoms with Crippen molar-refractivity contribution in [1.29, 1.82) is 0 Å². The van der Waals surface area contributed by atoms with Crippen LogP contribution in [0, 0.1) is 0 Å². The highest BCUT2D eigenvalue weighted by Gasteiger charge is 2.25. The zero-order valence-corrected chi connectivity index (χ0v) is 21.8. The number of imidazole rings is 1. The third-order valence-electron chi connectivity index (χ3n) is 7.24. The van der Waals surface area contributed by atoms with Crippen LogP contribution in [0.4, 0.5) is 0 Å². The maximum absolute atomic E-state index is 6.37. The van der Waals surface area contributed by atoms with E-state index in [4.69, 9.17) is 9.40 Å². The van der Waals surface area contributed by atoms with Gasteiger partial charge in [0.2, 0.25) is 0 Å². The van der Waals surface area contributed by atoms with Gasteiger partial charge >= 0.3 is 0 Å². The summed E-state index contributed by atoms with van der Waals surface area (Å²) in [7, 11) is 0. The summed E-state index contributed by atoms with van der Waals surface area (Å²) in [6.07, 6.45) is 6.42. The summed E-state index contributed by atoms with van der Waals surface area (Å²) < 4.78 is 8.71. The van der Waals surface area contributed by atoms with Gasteiger partial charge in [0.25, 0.3) is 0 Å². The first kappa shape index (κ1) is 23.4. The molecule has 0 spiro atoms. The van der Waals surface area contributed by atoms with Gasteiger partial charge in [0.15, 0.2) is 0 Å². The molecule has 0 saturated carbocycles. The van der Waals surface area contributed by atoms with Crippen LogP contribution in [-0.4, -0.2) is 9.55 Å². The molecule has 1 unspecified atom stereocenters. The number of furan rings is 1. The molecule has 0 saturated heterocycles. The van der Waals surface area contributed by atoms with Crippen molar-refractivity contribution in [2.75, 3.05) is 0 Å². The van der Waals surface area contributed by atoms with E-state index in [9.17, 15) is 0 Å². The second-order valence-electron chi connectivity index (χ2n) is 10.4. The average molecular weight is 465 g/mol. The molecule has 2 heterocycles. The molecule has 3 nitrogen and oxygen atoms in total. The Bertz CT molecular complexity index is 1480. The highest BCUT2D eigenvalue weighted by Crippen LogP contribution is 2.43. The molecule has 0 amide bonds. The zero-order chi connectivity index (χ0) is 24.7. The fourth-order valence-electron chi connectivity index (χ4n) is 5.60. The van der Waals surface area contributed by atoms with Crippen LogP contribution >= 0.6 is 0 Å². The maximum atomic E-state index is 6.37. The monoisotopic (exact) mass is 464 g/mol. The molecule has 180 valence electrons. The minimum absolute atomic E-state index is 0.316. The summed E-state index contributed by atoms with van der Waals surface area (Å²) in [6, 6.07) is 19.5. The largest absolute Gasteiger partial charge is 0.456 e. The van der Waals surface area contributed by atoms with Crippen LogP contribution in [0.5, 0.6) is 0 Å².